The van der Waals surface area contributed by atoms with Gasteiger partial charge in [0.15, 0.2) is 5.78 Å². The zero-order valence-corrected chi connectivity index (χ0v) is 14.2. The summed E-state index contributed by atoms with van der Waals surface area (Å²) in [4.78, 5) is 26.0. The van der Waals surface area contributed by atoms with Crippen molar-refractivity contribution in [3.05, 3.63) is 23.8 Å². The van der Waals surface area contributed by atoms with Crippen molar-refractivity contribution in [2.75, 3.05) is 26.3 Å². The largest absolute Gasteiger partial charge is 0.494 e. The molecule has 3 rings (SSSR count). The summed E-state index contributed by atoms with van der Waals surface area (Å²) < 4.78 is 16.8. The quantitative estimate of drug-likeness (QED) is 0.850. The second-order valence-electron chi connectivity index (χ2n) is 6.16. The maximum atomic E-state index is 12.5. The third kappa shape index (κ3) is 3.18. The highest BCUT2D eigenvalue weighted by Gasteiger charge is 2.44. The number of ketones is 1. The van der Waals surface area contributed by atoms with Crippen molar-refractivity contribution < 1.29 is 23.8 Å². The molecule has 1 aromatic rings. The number of amides is 1. The molecule has 0 aliphatic carbocycles. The first-order valence-electron chi connectivity index (χ1n) is 8.47. The fourth-order valence-corrected chi connectivity index (χ4v) is 3.32. The van der Waals surface area contributed by atoms with Crippen LogP contribution < -0.4 is 9.47 Å². The van der Waals surface area contributed by atoms with Crippen molar-refractivity contribution in [2.24, 2.45) is 0 Å². The number of likely N-dealkylation sites (tertiary alicyclic amines) is 1. The predicted molar refractivity (Wildman–Crippen MR) is 87.7 cm³/mol. The minimum atomic E-state index is -0.530. The lowest BCUT2D eigenvalue weighted by molar-refractivity contribution is -0.00870. The number of ether oxygens (including phenoxy) is 3. The number of hydrogen-bond acceptors (Lipinski definition) is 5. The van der Waals surface area contributed by atoms with E-state index < -0.39 is 5.60 Å². The first kappa shape index (κ1) is 16.6. The van der Waals surface area contributed by atoms with Crippen LogP contribution in [0.1, 0.15) is 43.5 Å². The van der Waals surface area contributed by atoms with Crippen LogP contribution in [0.5, 0.6) is 11.5 Å². The number of benzene rings is 1. The maximum Gasteiger partial charge on any atom is 0.409 e. The van der Waals surface area contributed by atoms with Crippen molar-refractivity contribution in [1.82, 2.24) is 4.90 Å². The Kier molecular flexibility index (Phi) is 4.64. The molecule has 0 atom stereocenters. The van der Waals surface area contributed by atoms with E-state index in [2.05, 4.69) is 0 Å². The topological polar surface area (TPSA) is 65.1 Å². The number of nitrogens with zero attached hydrogens (tertiary/aromatic N) is 1. The van der Waals surface area contributed by atoms with Gasteiger partial charge >= 0.3 is 6.09 Å². The van der Waals surface area contributed by atoms with Crippen LogP contribution in [0.4, 0.5) is 4.79 Å². The average molecular weight is 333 g/mol. The van der Waals surface area contributed by atoms with Crippen molar-refractivity contribution in [1.29, 1.82) is 0 Å². The molecule has 1 fully saturated rings. The van der Waals surface area contributed by atoms with E-state index in [0.29, 0.717) is 62.6 Å². The van der Waals surface area contributed by atoms with Crippen LogP contribution in [0.25, 0.3) is 0 Å². The minimum Gasteiger partial charge on any atom is -0.494 e. The zero-order chi connectivity index (χ0) is 17.2. The first-order valence-corrected chi connectivity index (χ1v) is 8.47. The van der Waals surface area contributed by atoms with Gasteiger partial charge in [0.05, 0.1) is 25.2 Å². The lowest BCUT2D eigenvalue weighted by Gasteiger charge is -2.43. The van der Waals surface area contributed by atoms with Crippen molar-refractivity contribution in [3.8, 4) is 11.5 Å². The van der Waals surface area contributed by atoms with Crippen LogP contribution in [0.3, 0.4) is 0 Å². The van der Waals surface area contributed by atoms with Crippen LogP contribution >= 0.6 is 0 Å². The average Bonchev–Trinajstić information content (AvgIpc) is 2.55. The van der Waals surface area contributed by atoms with E-state index in [0.717, 1.165) is 0 Å². The van der Waals surface area contributed by atoms with Gasteiger partial charge in [0.2, 0.25) is 0 Å². The van der Waals surface area contributed by atoms with Gasteiger partial charge in [-0.1, -0.05) is 0 Å². The highest BCUT2D eigenvalue weighted by Crippen LogP contribution is 2.40. The van der Waals surface area contributed by atoms with Gasteiger partial charge in [-0.2, -0.15) is 0 Å². The van der Waals surface area contributed by atoms with E-state index in [4.69, 9.17) is 14.2 Å². The van der Waals surface area contributed by atoms with Crippen LogP contribution in [-0.2, 0) is 4.74 Å². The Morgan fingerprint density at radius 3 is 2.67 bits per heavy atom. The molecule has 2 heterocycles. The molecule has 2 aliphatic heterocycles. The molecule has 0 bridgehead atoms. The van der Waals surface area contributed by atoms with Crippen LogP contribution in [0.15, 0.2) is 18.2 Å². The minimum absolute atomic E-state index is 0.0869. The third-order valence-electron chi connectivity index (χ3n) is 4.57. The lowest BCUT2D eigenvalue weighted by Crippen LogP contribution is -2.52. The highest BCUT2D eigenvalue weighted by atomic mass is 16.6. The molecule has 6 heteroatoms. The van der Waals surface area contributed by atoms with E-state index in [9.17, 15) is 9.59 Å². The van der Waals surface area contributed by atoms with Gasteiger partial charge in [0.1, 0.15) is 17.1 Å². The van der Waals surface area contributed by atoms with Gasteiger partial charge in [-0.25, -0.2) is 4.79 Å². The summed E-state index contributed by atoms with van der Waals surface area (Å²) >= 11 is 0. The summed E-state index contributed by atoms with van der Waals surface area (Å²) in [5.41, 5.74) is 0.0784. The molecule has 0 saturated carbocycles. The van der Waals surface area contributed by atoms with E-state index >= 15 is 0 Å². The smallest absolute Gasteiger partial charge is 0.409 e. The summed E-state index contributed by atoms with van der Waals surface area (Å²) in [5, 5.41) is 0. The van der Waals surface area contributed by atoms with Crippen molar-refractivity contribution in [3.63, 3.8) is 0 Å². The normalized spacial score (nSPS) is 18.8. The molecule has 130 valence electrons. The maximum absolute atomic E-state index is 12.5. The van der Waals surface area contributed by atoms with Crippen LogP contribution in [0, 0.1) is 0 Å². The molecule has 0 N–H and O–H groups in total. The van der Waals surface area contributed by atoms with Gasteiger partial charge in [-0.15, -0.1) is 0 Å². The van der Waals surface area contributed by atoms with Gasteiger partial charge in [0.25, 0.3) is 0 Å². The molecule has 1 spiro atoms. The standard InChI is InChI=1S/C18H23NO5/c1-3-22-13-5-6-14-15(20)12-18(24-16(14)11-13)7-9-19(10-8-18)17(21)23-4-2/h5-6,11H,3-4,7-10,12H2,1-2H3. The number of carbonyl (C=O) groups excluding carboxylic acids is 2. The molecule has 1 aromatic carbocycles. The van der Waals surface area contributed by atoms with Gasteiger partial charge in [-0.3, -0.25) is 4.79 Å². The number of Topliss-reactive ketones (excluding diaryl/α,β-unsaturated/α-hetero) is 1. The Bertz CT molecular complexity index is 634. The summed E-state index contributed by atoms with van der Waals surface area (Å²) in [6.45, 7) is 5.70. The fraction of sp³-hybridized carbons (Fsp3) is 0.556. The highest BCUT2D eigenvalue weighted by molar-refractivity contribution is 6.00. The van der Waals surface area contributed by atoms with Crippen LogP contribution in [0.2, 0.25) is 0 Å². The molecule has 1 amide bonds. The predicted octanol–water partition coefficient (Wildman–Crippen LogP) is 3.04. The van der Waals surface area contributed by atoms with E-state index in [1.165, 1.54) is 0 Å². The molecular formula is C18H23NO5. The third-order valence-corrected chi connectivity index (χ3v) is 4.57. The SMILES string of the molecule is CCOC(=O)N1CCC2(CC1)CC(=O)c1ccc(OCC)cc1O2. The summed E-state index contributed by atoms with van der Waals surface area (Å²) in [6.07, 6.45) is 1.30. The fourth-order valence-electron chi connectivity index (χ4n) is 3.32. The van der Waals surface area contributed by atoms with Gasteiger partial charge < -0.3 is 19.1 Å². The van der Waals surface area contributed by atoms with E-state index in [-0.39, 0.29) is 11.9 Å². The Morgan fingerprint density at radius 1 is 1.25 bits per heavy atom. The monoisotopic (exact) mass is 333 g/mol. The lowest BCUT2D eigenvalue weighted by atomic mass is 9.82. The second kappa shape index (κ2) is 6.71. The molecule has 6 nitrogen and oxygen atoms in total. The summed E-state index contributed by atoms with van der Waals surface area (Å²) in [7, 11) is 0. The molecule has 0 aromatic heterocycles. The second-order valence-corrected chi connectivity index (χ2v) is 6.16. The van der Waals surface area contributed by atoms with Crippen molar-refractivity contribution >= 4 is 11.9 Å². The molecule has 0 unspecified atom stereocenters. The van der Waals surface area contributed by atoms with E-state index in [1.807, 2.05) is 6.92 Å². The van der Waals surface area contributed by atoms with Crippen LogP contribution in [-0.4, -0.2) is 48.7 Å². The molecular weight excluding hydrogens is 310 g/mol. The zero-order valence-electron chi connectivity index (χ0n) is 14.2. The van der Waals surface area contributed by atoms with Crippen molar-refractivity contribution in [2.45, 2.75) is 38.7 Å². The Labute approximate surface area is 141 Å². The number of fused-ring (bicyclic) bond motifs is 1. The molecule has 2 aliphatic rings. The summed E-state index contributed by atoms with van der Waals surface area (Å²) in [6, 6.07) is 5.35. The molecule has 0 radical (unpaired) electrons. The number of rotatable bonds is 3. The number of carbonyl (C=O) groups is 2. The molecule has 24 heavy (non-hydrogen) atoms. The Balaban J connectivity index is 1.74. The Morgan fingerprint density at radius 2 is 2.00 bits per heavy atom. The van der Waals surface area contributed by atoms with Gasteiger partial charge in [-0.05, 0) is 26.0 Å². The first-order chi connectivity index (χ1) is 11.6. The van der Waals surface area contributed by atoms with Gasteiger partial charge in [0, 0.05) is 32.0 Å². The van der Waals surface area contributed by atoms with E-state index in [1.54, 1.807) is 30.0 Å². The summed E-state index contributed by atoms with van der Waals surface area (Å²) in [5.74, 6) is 1.37. The Hall–Kier alpha value is -2.24. The number of hydrogen-bond donors (Lipinski definition) is 0. The molecule has 1 saturated heterocycles. The number of piperidine rings is 1.